The predicted molar refractivity (Wildman–Crippen MR) is 83.1 cm³/mol. The van der Waals surface area contributed by atoms with E-state index < -0.39 is 0 Å². The third-order valence-electron chi connectivity index (χ3n) is 3.66. The fraction of sp³-hybridized carbons (Fsp3) is 0.222. The molecule has 0 unspecified atom stereocenters. The quantitative estimate of drug-likeness (QED) is 0.677. The van der Waals surface area contributed by atoms with Crippen molar-refractivity contribution in [2.45, 2.75) is 27.0 Å². The molecule has 0 amide bonds. The van der Waals surface area contributed by atoms with Gasteiger partial charge in [-0.05, 0) is 55.8 Å². The summed E-state index contributed by atoms with van der Waals surface area (Å²) in [5, 5.41) is 1.22. The zero-order chi connectivity index (χ0) is 14.8. The van der Waals surface area contributed by atoms with Crippen LogP contribution in [0.3, 0.4) is 0 Å². The first-order valence-electron chi connectivity index (χ1n) is 7.14. The van der Waals surface area contributed by atoms with Crippen molar-refractivity contribution >= 4 is 10.9 Å². The Kier molecular flexibility index (Phi) is 3.65. The number of fused-ring (bicyclic) bond motifs is 1. The molecule has 0 aliphatic heterocycles. The first-order chi connectivity index (χ1) is 10.2. The Labute approximate surface area is 123 Å². The molecule has 0 saturated carbocycles. The van der Waals surface area contributed by atoms with E-state index in [1.54, 1.807) is 12.1 Å². The standard InChI is InChI=1S/C18H18FNO/c1-3-20-16(11-14-5-4-13(2)10-18(14)20)12-21-17-8-6-15(19)7-9-17/h4-11H,3,12H2,1-2H3. The lowest BCUT2D eigenvalue weighted by Gasteiger charge is -2.10. The van der Waals surface area contributed by atoms with Gasteiger partial charge in [0, 0.05) is 17.4 Å². The zero-order valence-corrected chi connectivity index (χ0v) is 12.3. The van der Waals surface area contributed by atoms with Crippen molar-refractivity contribution in [2.75, 3.05) is 0 Å². The molecular formula is C18H18FNO. The van der Waals surface area contributed by atoms with Crippen LogP contribution in [0.4, 0.5) is 4.39 Å². The fourth-order valence-corrected chi connectivity index (χ4v) is 2.60. The van der Waals surface area contributed by atoms with Gasteiger partial charge in [-0.1, -0.05) is 12.1 Å². The van der Waals surface area contributed by atoms with Crippen molar-refractivity contribution in [2.24, 2.45) is 0 Å². The fourth-order valence-electron chi connectivity index (χ4n) is 2.60. The number of ether oxygens (including phenoxy) is 1. The van der Waals surface area contributed by atoms with E-state index >= 15 is 0 Å². The molecule has 0 atom stereocenters. The normalized spacial score (nSPS) is 11.0. The number of halogens is 1. The third-order valence-corrected chi connectivity index (χ3v) is 3.66. The maximum atomic E-state index is 12.9. The molecule has 0 spiro atoms. The second-order valence-electron chi connectivity index (χ2n) is 5.18. The van der Waals surface area contributed by atoms with E-state index in [4.69, 9.17) is 4.74 Å². The molecule has 0 aliphatic rings. The van der Waals surface area contributed by atoms with Gasteiger partial charge in [0.25, 0.3) is 0 Å². The molecule has 0 bridgehead atoms. The molecule has 21 heavy (non-hydrogen) atoms. The molecule has 0 saturated heterocycles. The second-order valence-corrected chi connectivity index (χ2v) is 5.18. The van der Waals surface area contributed by atoms with Gasteiger partial charge in [-0.3, -0.25) is 0 Å². The minimum Gasteiger partial charge on any atom is -0.487 e. The van der Waals surface area contributed by atoms with Crippen LogP contribution in [-0.4, -0.2) is 4.57 Å². The van der Waals surface area contributed by atoms with Crippen molar-refractivity contribution in [1.82, 2.24) is 4.57 Å². The summed E-state index contributed by atoms with van der Waals surface area (Å²) in [6.45, 7) is 5.60. The molecule has 108 valence electrons. The van der Waals surface area contributed by atoms with Gasteiger partial charge in [-0.25, -0.2) is 4.39 Å². The van der Waals surface area contributed by atoms with Crippen LogP contribution in [0.15, 0.2) is 48.5 Å². The van der Waals surface area contributed by atoms with Crippen molar-refractivity contribution in [3.05, 3.63) is 65.6 Å². The van der Waals surface area contributed by atoms with E-state index in [2.05, 4.69) is 42.7 Å². The summed E-state index contributed by atoms with van der Waals surface area (Å²) in [6, 6.07) is 14.7. The lowest BCUT2D eigenvalue weighted by atomic mass is 10.2. The SMILES string of the molecule is CCn1c(COc2ccc(F)cc2)cc2ccc(C)cc21. The highest BCUT2D eigenvalue weighted by atomic mass is 19.1. The summed E-state index contributed by atoms with van der Waals surface area (Å²) in [5.41, 5.74) is 3.61. The van der Waals surface area contributed by atoms with Gasteiger partial charge in [-0.15, -0.1) is 0 Å². The highest BCUT2D eigenvalue weighted by Crippen LogP contribution is 2.23. The van der Waals surface area contributed by atoms with Crippen LogP contribution in [0.5, 0.6) is 5.75 Å². The monoisotopic (exact) mass is 283 g/mol. The van der Waals surface area contributed by atoms with Gasteiger partial charge in [-0.2, -0.15) is 0 Å². The van der Waals surface area contributed by atoms with E-state index in [1.807, 2.05) is 0 Å². The molecule has 0 N–H and O–H groups in total. The first kappa shape index (κ1) is 13.7. The molecule has 1 heterocycles. The van der Waals surface area contributed by atoms with Crippen molar-refractivity contribution in [1.29, 1.82) is 0 Å². The Morgan fingerprint density at radius 3 is 2.52 bits per heavy atom. The Bertz CT molecular complexity index is 759. The second kappa shape index (κ2) is 5.60. The van der Waals surface area contributed by atoms with Crippen molar-refractivity contribution < 1.29 is 9.13 Å². The van der Waals surface area contributed by atoms with E-state index in [9.17, 15) is 4.39 Å². The van der Waals surface area contributed by atoms with Crippen LogP contribution in [0.1, 0.15) is 18.2 Å². The molecule has 3 heteroatoms. The van der Waals surface area contributed by atoms with Gasteiger partial charge in [0.15, 0.2) is 0 Å². The number of benzene rings is 2. The Morgan fingerprint density at radius 2 is 1.81 bits per heavy atom. The summed E-state index contributed by atoms with van der Waals surface area (Å²) < 4.78 is 20.9. The maximum absolute atomic E-state index is 12.9. The topological polar surface area (TPSA) is 14.2 Å². The van der Waals surface area contributed by atoms with Crippen molar-refractivity contribution in [3.63, 3.8) is 0 Å². The average Bonchev–Trinajstić information content (AvgIpc) is 2.83. The summed E-state index contributed by atoms with van der Waals surface area (Å²) in [4.78, 5) is 0. The number of rotatable bonds is 4. The van der Waals surface area contributed by atoms with Crippen LogP contribution in [-0.2, 0) is 13.2 Å². The van der Waals surface area contributed by atoms with Gasteiger partial charge < -0.3 is 9.30 Å². The van der Waals surface area contributed by atoms with Crippen LogP contribution >= 0.6 is 0 Å². The van der Waals surface area contributed by atoms with E-state index in [0.29, 0.717) is 12.4 Å². The third kappa shape index (κ3) is 2.77. The average molecular weight is 283 g/mol. The van der Waals surface area contributed by atoms with E-state index in [0.717, 1.165) is 12.2 Å². The molecule has 2 nitrogen and oxygen atoms in total. The highest BCUT2D eigenvalue weighted by Gasteiger charge is 2.08. The number of hydrogen-bond acceptors (Lipinski definition) is 1. The predicted octanol–water partition coefficient (Wildman–Crippen LogP) is 4.69. The summed E-state index contributed by atoms with van der Waals surface area (Å²) >= 11 is 0. The summed E-state index contributed by atoms with van der Waals surface area (Å²) in [7, 11) is 0. The minimum absolute atomic E-state index is 0.250. The largest absolute Gasteiger partial charge is 0.487 e. The molecule has 3 rings (SSSR count). The zero-order valence-electron chi connectivity index (χ0n) is 12.3. The number of aromatic nitrogens is 1. The molecular weight excluding hydrogens is 265 g/mol. The number of nitrogens with zero attached hydrogens (tertiary/aromatic N) is 1. The van der Waals surface area contributed by atoms with E-state index in [-0.39, 0.29) is 5.82 Å². The molecule has 2 aromatic carbocycles. The van der Waals surface area contributed by atoms with Crippen LogP contribution in [0.2, 0.25) is 0 Å². The molecule has 0 fully saturated rings. The summed E-state index contributed by atoms with van der Waals surface area (Å²) in [5.74, 6) is 0.431. The molecule has 0 aliphatic carbocycles. The first-order valence-corrected chi connectivity index (χ1v) is 7.14. The maximum Gasteiger partial charge on any atom is 0.128 e. The van der Waals surface area contributed by atoms with Gasteiger partial charge in [0.05, 0.1) is 5.69 Å². The van der Waals surface area contributed by atoms with E-state index in [1.165, 1.54) is 28.6 Å². The Morgan fingerprint density at radius 1 is 1.05 bits per heavy atom. The van der Waals surface area contributed by atoms with Gasteiger partial charge >= 0.3 is 0 Å². The highest BCUT2D eigenvalue weighted by molar-refractivity contribution is 5.82. The lowest BCUT2D eigenvalue weighted by molar-refractivity contribution is 0.295. The van der Waals surface area contributed by atoms with Gasteiger partial charge in [0.1, 0.15) is 18.2 Å². The molecule has 3 aromatic rings. The van der Waals surface area contributed by atoms with Gasteiger partial charge in [0.2, 0.25) is 0 Å². The Hall–Kier alpha value is -2.29. The minimum atomic E-state index is -0.250. The lowest BCUT2D eigenvalue weighted by Crippen LogP contribution is -2.04. The van der Waals surface area contributed by atoms with Crippen LogP contribution in [0, 0.1) is 12.7 Å². The number of hydrogen-bond donors (Lipinski definition) is 0. The number of aryl methyl sites for hydroxylation is 2. The van der Waals surface area contributed by atoms with Crippen molar-refractivity contribution in [3.8, 4) is 5.75 Å². The van der Waals surface area contributed by atoms with Crippen LogP contribution < -0.4 is 4.74 Å². The molecule has 0 radical (unpaired) electrons. The Balaban J connectivity index is 1.88. The van der Waals surface area contributed by atoms with Crippen LogP contribution in [0.25, 0.3) is 10.9 Å². The molecule has 1 aromatic heterocycles. The summed E-state index contributed by atoms with van der Waals surface area (Å²) in [6.07, 6.45) is 0. The smallest absolute Gasteiger partial charge is 0.128 e.